The fourth-order valence-corrected chi connectivity index (χ4v) is 2.45. The number of nitrogens with zero attached hydrogens (tertiary/aromatic N) is 4. The van der Waals surface area contributed by atoms with Gasteiger partial charge in [0.1, 0.15) is 5.82 Å². The predicted octanol–water partition coefficient (Wildman–Crippen LogP) is 2.12. The number of hydrogen-bond acceptors (Lipinski definition) is 5. The standard InChI is InChI=1S/C18H20N6O/c1-13-12-14(2)24(23-13)17-9-8-16(21-22-17)19-10-11-20-18(25)15-6-4-3-5-7-15/h3-9,12H,10-11H2,1-2H3,(H,19,21)(H,20,25). The molecule has 2 aromatic heterocycles. The van der Waals surface area contributed by atoms with E-state index in [1.54, 1.807) is 16.8 Å². The minimum atomic E-state index is -0.0895. The van der Waals surface area contributed by atoms with Crippen LogP contribution in [0.1, 0.15) is 21.7 Å². The summed E-state index contributed by atoms with van der Waals surface area (Å²) in [5.74, 6) is 1.24. The van der Waals surface area contributed by atoms with Crippen molar-refractivity contribution in [2.24, 2.45) is 0 Å². The molecule has 0 radical (unpaired) electrons. The summed E-state index contributed by atoms with van der Waals surface area (Å²) < 4.78 is 1.76. The van der Waals surface area contributed by atoms with Crippen molar-refractivity contribution in [2.45, 2.75) is 13.8 Å². The Balaban J connectivity index is 1.49. The summed E-state index contributed by atoms with van der Waals surface area (Å²) in [6, 6.07) is 14.8. The van der Waals surface area contributed by atoms with Crippen molar-refractivity contribution in [1.29, 1.82) is 0 Å². The largest absolute Gasteiger partial charge is 0.367 e. The molecule has 0 aliphatic carbocycles. The van der Waals surface area contributed by atoms with Crippen LogP contribution in [-0.2, 0) is 0 Å². The van der Waals surface area contributed by atoms with Crippen LogP contribution < -0.4 is 10.6 Å². The Bertz CT molecular complexity index is 842. The quantitative estimate of drug-likeness (QED) is 0.674. The average molecular weight is 336 g/mol. The van der Waals surface area contributed by atoms with E-state index in [4.69, 9.17) is 0 Å². The molecular formula is C18H20N6O. The van der Waals surface area contributed by atoms with Gasteiger partial charge in [0.2, 0.25) is 0 Å². The molecule has 0 aliphatic heterocycles. The van der Waals surface area contributed by atoms with Gasteiger partial charge >= 0.3 is 0 Å². The van der Waals surface area contributed by atoms with Gasteiger partial charge in [0.05, 0.1) is 5.69 Å². The van der Waals surface area contributed by atoms with E-state index in [1.807, 2.05) is 50.2 Å². The van der Waals surface area contributed by atoms with Gasteiger partial charge in [0.15, 0.2) is 5.82 Å². The highest BCUT2D eigenvalue weighted by Crippen LogP contribution is 2.10. The molecule has 7 nitrogen and oxygen atoms in total. The normalized spacial score (nSPS) is 10.5. The Hall–Kier alpha value is -3.22. The predicted molar refractivity (Wildman–Crippen MR) is 95.9 cm³/mol. The maximum Gasteiger partial charge on any atom is 0.251 e. The highest BCUT2D eigenvalue weighted by molar-refractivity contribution is 5.94. The summed E-state index contributed by atoms with van der Waals surface area (Å²) in [6.45, 7) is 4.97. The average Bonchev–Trinajstić information content (AvgIpc) is 2.98. The van der Waals surface area contributed by atoms with Crippen LogP contribution >= 0.6 is 0 Å². The van der Waals surface area contributed by atoms with E-state index < -0.39 is 0 Å². The fourth-order valence-electron chi connectivity index (χ4n) is 2.45. The fraction of sp³-hybridized carbons (Fsp3) is 0.222. The highest BCUT2D eigenvalue weighted by atomic mass is 16.1. The van der Waals surface area contributed by atoms with Gasteiger partial charge < -0.3 is 10.6 Å². The maximum atomic E-state index is 11.9. The lowest BCUT2D eigenvalue weighted by Crippen LogP contribution is -2.28. The molecule has 0 atom stereocenters. The molecule has 2 heterocycles. The number of aromatic nitrogens is 4. The van der Waals surface area contributed by atoms with Crippen LogP contribution in [0, 0.1) is 13.8 Å². The van der Waals surface area contributed by atoms with Crippen molar-refractivity contribution in [1.82, 2.24) is 25.3 Å². The highest BCUT2D eigenvalue weighted by Gasteiger charge is 2.06. The van der Waals surface area contributed by atoms with Gasteiger partial charge in [-0.1, -0.05) is 18.2 Å². The van der Waals surface area contributed by atoms with Crippen LogP contribution in [-0.4, -0.2) is 39.0 Å². The molecule has 2 N–H and O–H groups in total. The van der Waals surface area contributed by atoms with E-state index in [9.17, 15) is 4.79 Å². The lowest BCUT2D eigenvalue weighted by molar-refractivity contribution is 0.0955. The molecule has 0 unspecified atom stereocenters. The van der Waals surface area contributed by atoms with Crippen LogP contribution in [0.25, 0.3) is 5.82 Å². The molecule has 0 bridgehead atoms. The molecule has 3 rings (SSSR count). The smallest absolute Gasteiger partial charge is 0.251 e. The van der Waals surface area contributed by atoms with Crippen molar-refractivity contribution in [3.8, 4) is 5.82 Å². The summed E-state index contributed by atoms with van der Waals surface area (Å²) in [5.41, 5.74) is 2.60. The van der Waals surface area contributed by atoms with Crippen LogP contribution in [0.5, 0.6) is 0 Å². The first kappa shape index (κ1) is 16.6. The molecule has 25 heavy (non-hydrogen) atoms. The Kier molecular flexibility index (Phi) is 5.03. The zero-order valence-electron chi connectivity index (χ0n) is 14.2. The molecule has 7 heteroatoms. The molecule has 0 saturated heterocycles. The van der Waals surface area contributed by atoms with Gasteiger partial charge in [-0.3, -0.25) is 4.79 Å². The SMILES string of the molecule is Cc1cc(C)n(-c2ccc(NCCNC(=O)c3ccccc3)nn2)n1. The number of aryl methyl sites for hydroxylation is 2. The number of benzene rings is 1. The van der Waals surface area contributed by atoms with Gasteiger partial charge in [0.25, 0.3) is 5.91 Å². The Morgan fingerprint density at radius 3 is 2.48 bits per heavy atom. The molecule has 0 aliphatic rings. The zero-order chi connectivity index (χ0) is 17.6. The molecule has 1 aromatic carbocycles. The van der Waals surface area contributed by atoms with Crippen LogP contribution in [0.2, 0.25) is 0 Å². The van der Waals surface area contributed by atoms with E-state index in [1.165, 1.54) is 0 Å². The molecule has 0 fully saturated rings. The number of carbonyl (C=O) groups excluding carboxylic acids is 1. The third-order valence-electron chi connectivity index (χ3n) is 3.63. The van der Waals surface area contributed by atoms with E-state index in [2.05, 4.69) is 25.9 Å². The second-order valence-electron chi connectivity index (χ2n) is 5.66. The topological polar surface area (TPSA) is 84.7 Å². The van der Waals surface area contributed by atoms with Gasteiger partial charge in [-0.15, -0.1) is 10.2 Å². The van der Waals surface area contributed by atoms with Crippen molar-refractivity contribution < 1.29 is 4.79 Å². The van der Waals surface area contributed by atoms with Crippen molar-refractivity contribution >= 4 is 11.7 Å². The first-order valence-electron chi connectivity index (χ1n) is 8.08. The van der Waals surface area contributed by atoms with Gasteiger partial charge in [-0.2, -0.15) is 5.10 Å². The summed E-state index contributed by atoms with van der Waals surface area (Å²) in [4.78, 5) is 11.9. The third-order valence-corrected chi connectivity index (χ3v) is 3.63. The van der Waals surface area contributed by atoms with Crippen LogP contribution in [0.15, 0.2) is 48.5 Å². The number of anilines is 1. The first-order valence-corrected chi connectivity index (χ1v) is 8.08. The summed E-state index contributed by atoms with van der Waals surface area (Å²) in [6.07, 6.45) is 0. The van der Waals surface area contributed by atoms with Crippen molar-refractivity contribution in [3.63, 3.8) is 0 Å². The second-order valence-corrected chi connectivity index (χ2v) is 5.66. The molecular weight excluding hydrogens is 316 g/mol. The van der Waals surface area contributed by atoms with E-state index >= 15 is 0 Å². The maximum absolute atomic E-state index is 11.9. The lowest BCUT2D eigenvalue weighted by atomic mass is 10.2. The summed E-state index contributed by atoms with van der Waals surface area (Å²) >= 11 is 0. The van der Waals surface area contributed by atoms with Gasteiger partial charge in [-0.25, -0.2) is 4.68 Å². The molecule has 0 saturated carbocycles. The molecule has 128 valence electrons. The number of nitrogens with one attached hydrogen (secondary N) is 2. The minimum absolute atomic E-state index is 0.0895. The monoisotopic (exact) mass is 336 g/mol. The summed E-state index contributed by atoms with van der Waals surface area (Å²) in [7, 11) is 0. The van der Waals surface area contributed by atoms with E-state index in [-0.39, 0.29) is 5.91 Å². The van der Waals surface area contributed by atoms with E-state index in [0.29, 0.717) is 30.3 Å². The first-order chi connectivity index (χ1) is 12.1. The van der Waals surface area contributed by atoms with Crippen molar-refractivity contribution in [2.75, 3.05) is 18.4 Å². The zero-order valence-corrected chi connectivity index (χ0v) is 14.2. The molecule has 1 amide bonds. The summed E-state index contributed by atoms with van der Waals surface area (Å²) in [5, 5.41) is 18.7. The van der Waals surface area contributed by atoms with Gasteiger partial charge in [0, 0.05) is 24.3 Å². The number of rotatable bonds is 6. The van der Waals surface area contributed by atoms with Crippen LogP contribution in [0.4, 0.5) is 5.82 Å². The number of hydrogen-bond donors (Lipinski definition) is 2. The lowest BCUT2D eigenvalue weighted by Gasteiger charge is -2.08. The minimum Gasteiger partial charge on any atom is -0.367 e. The van der Waals surface area contributed by atoms with Crippen LogP contribution in [0.3, 0.4) is 0 Å². The Labute approximate surface area is 146 Å². The van der Waals surface area contributed by atoms with Gasteiger partial charge in [-0.05, 0) is 44.2 Å². The molecule has 3 aromatic rings. The Morgan fingerprint density at radius 1 is 1.04 bits per heavy atom. The van der Waals surface area contributed by atoms with Crippen molar-refractivity contribution in [3.05, 3.63) is 65.5 Å². The Morgan fingerprint density at radius 2 is 1.84 bits per heavy atom. The molecule has 0 spiro atoms. The number of amides is 1. The third kappa shape index (κ3) is 4.20. The number of carbonyl (C=O) groups is 1. The second kappa shape index (κ2) is 7.57. The van der Waals surface area contributed by atoms with E-state index in [0.717, 1.165) is 11.4 Å².